The van der Waals surface area contributed by atoms with Gasteiger partial charge in [-0.2, -0.15) is 0 Å². The Hall–Kier alpha value is -1.92. The van der Waals surface area contributed by atoms with Crippen molar-refractivity contribution >= 4 is 28.4 Å². The molecule has 3 rings (SSSR count). The van der Waals surface area contributed by atoms with Crippen molar-refractivity contribution in [2.45, 2.75) is 53.2 Å². The first-order chi connectivity index (χ1) is 13.7. The Balaban J connectivity index is 1.86. The van der Waals surface area contributed by atoms with E-state index in [-0.39, 0.29) is 23.6 Å². The fraction of sp³-hybridized carbons (Fsp3) is 0.591. The highest BCUT2D eigenvalue weighted by Crippen LogP contribution is 2.27. The normalized spacial score (nSPS) is 19.5. The van der Waals surface area contributed by atoms with E-state index in [1.54, 1.807) is 4.57 Å². The zero-order valence-corrected chi connectivity index (χ0v) is 18.7. The highest BCUT2D eigenvalue weighted by Gasteiger charge is 2.37. The summed E-state index contributed by atoms with van der Waals surface area (Å²) in [4.78, 5) is 34.9. The third kappa shape index (κ3) is 4.05. The standard InChI is InChI=1S/C22H31ClN4O2/c1-6-26-19(24-18-10-8-7-9-17(18)20(26)28)16(3)25-11-12-27(15(2)13-25)21(29)22(4,5)14-23/h7-10,15-16H,6,11-14H2,1-5H3. The van der Waals surface area contributed by atoms with Crippen LogP contribution < -0.4 is 5.56 Å². The van der Waals surface area contributed by atoms with Crippen LogP contribution in [-0.4, -0.2) is 56.8 Å². The van der Waals surface area contributed by atoms with E-state index in [1.165, 1.54) is 0 Å². The van der Waals surface area contributed by atoms with Gasteiger partial charge < -0.3 is 4.90 Å². The number of aromatic nitrogens is 2. The van der Waals surface area contributed by atoms with Crippen molar-refractivity contribution in [2.75, 3.05) is 25.5 Å². The quantitative estimate of drug-likeness (QED) is 0.699. The Bertz CT molecular complexity index is 955. The van der Waals surface area contributed by atoms with Gasteiger partial charge in [0.2, 0.25) is 5.91 Å². The third-order valence-corrected chi connectivity index (χ3v) is 6.63. The number of benzene rings is 1. The predicted molar refractivity (Wildman–Crippen MR) is 117 cm³/mol. The average molecular weight is 419 g/mol. The van der Waals surface area contributed by atoms with Crippen molar-refractivity contribution in [3.05, 3.63) is 40.4 Å². The summed E-state index contributed by atoms with van der Waals surface area (Å²) >= 11 is 6.01. The molecule has 0 saturated carbocycles. The second-order valence-corrected chi connectivity index (χ2v) is 8.84. The van der Waals surface area contributed by atoms with Crippen LogP contribution in [0, 0.1) is 5.41 Å². The van der Waals surface area contributed by atoms with Crippen molar-refractivity contribution in [3.63, 3.8) is 0 Å². The van der Waals surface area contributed by atoms with Gasteiger partial charge in [-0.3, -0.25) is 19.1 Å². The SMILES string of the molecule is CCn1c(C(C)N2CCN(C(=O)C(C)(C)CCl)C(C)C2)nc2ccccc2c1=O. The summed E-state index contributed by atoms with van der Waals surface area (Å²) in [5, 5.41) is 0.650. The Morgan fingerprint density at radius 3 is 2.62 bits per heavy atom. The van der Waals surface area contributed by atoms with Crippen LogP contribution in [0.5, 0.6) is 0 Å². The monoisotopic (exact) mass is 418 g/mol. The van der Waals surface area contributed by atoms with E-state index >= 15 is 0 Å². The van der Waals surface area contributed by atoms with Crippen molar-refractivity contribution in [2.24, 2.45) is 5.41 Å². The number of fused-ring (bicyclic) bond motifs is 1. The number of hydrogen-bond donors (Lipinski definition) is 0. The van der Waals surface area contributed by atoms with Gasteiger partial charge in [-0.05, 0) is 46.8 Å². The summed E-state index contributed by atoms with van der Waals surface area (Å²) in [5.74, 6) is 1.18. The number of nitrogens with zero attached hydrogens (tertiary/aromatic N) is 4. The molecule has 29 heavy (non-hydrogen) atoms. The molecule has 0 spiro atoms. The molecule has 1 aromatic heterocycles. The maximum absolute atomic E-state index is 13.0. The molecule has 0 N–H and O–H groups in total. The first kappa shape index (κ1) is 21.8. The van der Waals surface area contributed by atoms with E-state index in [2.05, 4.69) is 18.7 Å². The third-order valence-electron chi connectivity index (χ3n) is 5.96. The van der Waals surface area contributed by atoms with Gasteiger partial charge >= 0.3 is 0 Å². The lowest BCUT2D eigenvalue weighted by Gasteiger charge is -2.44. The average Bonchev–Trinajstić information content (AvgIpc) is 2.72. The van der Waals surface area contributed by atoms with Gasteiger partial charge in [0.1, 0.15) is 5.82 Å². The first-order valence-corrected chi connectivity index (χ1v) is 10.8. The van der Waals surface area contributed by atoms with Crippen molar-refractivity contribution in [1.29, 1.82) is 0 Å². The summed E-state index contributed by atoms with van der Waals surface area (Å²) in [6.45, 7) is 12.6. The van der Waals surface area contributed by atoms with E-state index in [0.29, 0.717) is 24.4 Å². The fourth-order valence-corrected chi connectivity index (χ4v) is 4.17. The Morgan fingerprint density at radius 2 is 2.00 bits per heavy atom. The second kappa shape index (κ2) is 8.44. The van der Waals surface area contributed by atoms with Crippen molar-refractivity contribution in [1.82, 2.24) is 19.4 Å². The van der Waals surface area contributed by atoms with Crippen LogP contribution in [0.4, 0.5) is 0 Å². The van der Waals surface area contributed by atoms with E-state index in [0.717, 1.165) is 24.4 Å². The van der Waals surface area contributed by atoms with E-state index in [4.69, 9.17) is 16.6 Å². The topological polar surface area (TPSA) is 58.4 Å². The Morgan fingerprint density at radius 1 is 1.31 bits per heavy atom. The number of halogens is 1. The van der Waals surface area contributed by atoms with Gasteiger partial charge in [-0.1, -0.05) is 12.1 Å². The molecular formula is C22H31ClN4O2. The molecule has 0 bridgehead atoms. The van der Waals surface area contributed by atoms with Gasteiger partial charge in [0.25, 0.3) is 5.56 Å². The summed E-state index contributed by atoms with van der Waals surface area (Å²) in [6, 6.07) is 7.55. The lowest BCUT2D eigenvalue weighted by molar-refractivity contribution is -0.144. The van der Waals surface area contributed by atoms with E-state index in [1.807, 2.05) is 49.9 Å². The number of piperazine rings is 1. The molecule has 2 unspecified atom stereocenters. The fourth-order valence-electron chi connectivity index (χ4n) is 4.06. The molecule has 7 heteroatoms. The molecule has 2 aromatic rings. The lowest BCUT2D eigenvalue weighted by atomic mass is 9.93. The molecule has 2 atom stereocenters. The maximum Gasteiger partial charge on any atom is 0.261 e. The van der Waals surface area contributed by atoms with Crippen LogP contribution >= 0.6 is 11.6 Å². The number of alkyl halides is 1. The molecule has 1 aromatic carbocycles. The van der Waals surface area contributed by atoms with E-state index in [9.17, 15) is 9.59 Å². The van der Waals surface area contributed by atoms with Gasteiger partial charge in [0.15, 0.2) is 0 Å². The molecule has 0 radical (unpaired) electrons. The molecule has 1 saturated heterocycles. The molecule has 1 aliphatic heterocycles. The summed E-state index contributed by atoms with van der Waals surface area (Å²) in [7, 11) is 0. The number of para-hydroxylation sites is 1. The molecule has 1 aliphatic rings. The first-order valence-electron chi connectivity index (χ1n) is 10.3. The predicted octanol–water partition coefficient (Wildman–Crippen LogP) is 3.28. The highest BCUT2D eigenvalue weighted by molar-refractivity contribution is 6.19. The molecule has 1 fully saturated rings. The van der Waals surface area contributed by atoms with Crippen LogP contribution in [0.15, 0.2) is 29.1 Å². The minimum atomic E-state index is -0.563. The Kier molecular flexibility index (Phi) is 6.34. The lowest BCUT2D eigenvalue weighted by Crippen LogP contribution is -2.57. The molecule has 1 amide bonds. The maximum atomic E-state index is 13.0. The number of hydrogen-bond acceptors (Lipinski definition) is 4. The summed E-state index contributed by atoms with van der Waals surface area (Å²) in [5.41, 5.74) is 0.173. The zero-order valence-electron chi connectivity index (χ0n) is 18.0. The molecule has 158 valence electrons. The summed E-state index contributed by atoms with van der Waals surface area (Å²) < 4.78 is 1.77. The summed E-state index contributed by atoms with van der Waals surface area (Å²) in [6.07, 6.45) is 0. The van der Waals surface area contributed by atoms with Crippen LogP contribution in [0.3, 0.4) is 0 Å². The zero-order chi connectivity index (χ0) is 21.3. The van der Waals surface area contributed by atoms with E-state index < -0.39 is 5.41 Å². The molecule has 6 nitrogen and oxygen atoms in total. The molecular weight excluding hydrogens is 388 g/mol. The number of rotatable bonds is 5. The minimum absolute atomic E-state index is 0.00525. The number of amides is 1. The molecule has 2 heterocycles. The second-order valence-electron chi connectivity index (χ2n) is 8.57. The number of carbonyl (C=O) groups excluding carboxylic acids is 1. The van der Waals surface area contributed by atoms with Gasteiger partial charge in [0, 0.05) is 38.1 Å². The van der Waals surface area contributed by atoms with Crippen LogP contribution in [0.1, 0.15) is 46.5 Å². The smallest absolute Gasteiger partial charge is 0.261 e. The van der Waals surface area contributed by atoms with Gasteiger partial charge in [-0.25, -0.2) is 4.98 Å². The highest BCUT2D eigenvalue weighted by atomic mass is 35.5. The largest absolute Gasteiger partial charge is 0.337 e. The van der Waals surface area contributed by atoms with Crippen molar-refractivity contribution in [3.8, 4) is 0 Å². The number of carbonyl (C=O) groups is 1. The Labute approximate surface area is 177 Å². The van der Waals surface area contributed by atoms with Crippen LogP contribution in [0.25, 0.3) is 10.9 Å². The minimum Gasteiger partial charge on any atom is -0.337 e. The van der Waals surface area contributed by atoms with Gasteiger partial charge in [0.05, 0.1) is 22.4 Å². The van der Waals surface area contributed by atoms with Crippen LogP contribution in [-0.2, 0) is 11.3 Å². The molecule has 0 aliphatic carbocycles. The van der Waals surface area contributed by atoms with Crippen LogP contribution in [0.2, 0.25) is 0 Å². The van der Waals surface area contributed by atoms with Crippen molar-refractivity contribution < 1.29 is 4.79 Å². The van der Waals surface area contributed by atoms with Gasteiger partial charge in [-0.15, -0.1) is 11.6 Å².